The van der Waals surface area contributed by atoms with Gasteiger partial charge in [-0.3, -0.25) is 0 Å². The summed E-state index contributed by atoms with van der Waals surface area (Å²) in [6.45, 7) is 2.16. The summed E-state index contributed by atoms with van der Waals surface area (Å²) in [5.74, 6) is 0. The smallest absolute Gasteiger partial charge is 0.241 e. The Morgan fingerprint density at radius 3 is 2.37 bits per heavy atom. The van der Waals surface area contributed by atoms with Crippen molar-refractivity contribution in [1.82, 2.24) is 4.72 Å². The van der Waals surface area contributed by atoms with Gasteiger partial charge in [-0.25, -0.2) is 13.1 Å². The first kappa shape index (κ1) is 16.4. The summed E-state index contributed by atoms with van der Waals surface area (Å²) < 4.78 is 27.6. The van der Waals surface area contributed by atoms with Gasteiger partial charge in [-0.1, -0.05) is 31.0 Å². The fourth-order valence-corrected chi connectivity index (χ4v) is 4.31. The van der Waals surface area contributed by atoms with Crippen LogP contribution in [0.3, 0.4) is 0 Å². The number of sulfonamides is 1. The Morgan fingerprint density at radius 1 is 1.26 bits per heavy atom. The van der Waals surface area contributed by atoms with Gasteiger partial charge in [-0.15, -0.1) is 12.4 Å². The molecular weight excluding hydrogens is 284 g/mol. The molecule has 0 aromatic heterocycles. The van der Waals surface area contributed by atoms with Crippen molar-refractivity contribution in [2.24, 2.45) is 5.73 Å². The molecule has 0 radical (unpaired) electrons. The molecule has 108 valence electrons. The molecule has 1 fully saturated rings. The van der Waals surface area contributed by atoms with Crippen LogP contribution in [0.5, 0.6) is 0 Å². The fourth-order valence-electron chi connectivity index (χ4n) is 2.60. The monoisotopic (exact) mass is 304 g/mol. The van der Waals surface area contributed by atoms with Crippen molar-refractivity contribution < 1.29 is 8.42 Å². The van der Waals surface area contributed by atoms with Gasteiger partial charge in [-0.2, -0.15) is 0 Å². The zero-order valence-electron chi connectivity index (χ0n) is 11.1. The lowest BCUT2D eigenvalue weighted by Gasteiger charge is -2.28. The lowest BCUT2D eigenvalue weighted by Crippen LogP contribution is -2.51. The molecule has 1 saturated carbocycles. The average molecular weight is 305 g/mol. The molecule has 4 nitrogen and oxygen atoms in total. The minimum absolute atomic E-state index is 0. The third-order valence-electron chi connectivity index (χ3n) is 3.69. The van der Waals surface area contributed by atoms with Crippen LogP contribution in [0, 0.1) is 6.92 Å². The summed E-state index contributed by atoms with van der Waals surface area (Å²) in [7, 11) is -3.47. The molecule has 1 aromatic rings. The fraction of sp³-hybridized carbons (Fsp3) is 0.538. The van der Waals surface area contributed by atoms with Gasteiger partial charge in [-0.05, 0) is 31.4 Å². The molecule has 1 aromatic carbocycles. The molecular formula is C13H21ClN2O2S. The molecule has 0 heterocycles. The lowest BCUT2D eigenvalue weighted by atomic mass is 10.0. The molecule has 0 bridgehead atoms. The van der Waals surface area contributed by atoms with Crippen molar-refractivity contribution in [3.63, 3.8) is 0 Å². The number of aryl methyl sites for hydroxylation is 1. The second-order valence-electron chi connectivity index (χ2n) is 5.06. The molecule has 3 N–H and O–H groups in total. The Kier molecular flexibility index (Phi) is 5.38. The number of hydrogen-bond donors (Lipinski definition) is 2. The Balaban J connectivity index is 0.00000180. The number of benzene rings is 1. The number of rotatable bonds is 4. The Labute approximate surface area is 121 Å². The van der Waals surface area contributed by atoms with E-state index in [1.807, 2.05) is 6.07 Å². The summed E-state index contributed by atoms with van der Waals surface area (Å²) in [6, 6.07) is 7.02. The number of nitrogens with two attached hydrogens (primary N) is 1. The quantitative estimate of drug-likeness (QED) is 0.893. The van der Waals surface area contributed by atoms with E-state index >= 15 is 0 Å². The predicted octanol–water partition coefficient (Wildman–Crippen LogP) is 1.97. The molecule has 0 spiro atoms. The van der Waals surface area contributed by atoms with E-state index in [9.17, 15) is 8.42 Å². The molecule has 6 heteroatoms. The standard InChI is InChI=1S/C13H20N2O2S.ClH/c1-11-6-2-3-7-12(11)18(16,17)15-13(10-14)8-4-5-9-13;/h2-3,6-7,15H,4-5,8-10,14H2,1H3;1H. The van der Waals surface area contributed by atoms with E-state index in [0.717, 1.165) is 31.2 Å². The Hall–Kier alpha value is -0.620. The van der Waals surface area contributed by atoms with Crippen molar-refractivity contribution in [3.05, 3.63) is 29.8 Å². The summed E-state index contributed by atoms with van der Waals surface area (Å²) in [5.41, 5.74) is 6.08. The maximum atomic E-state index is 12.4. The third-order valence-corrected chi connectivity index (χ3v) is 5.42. The van der Waals surface area contributed by atoms with Gasteiger partial charge in [0, 0.05) is 12.1 Å². The van der Waals surface area contributed by atoms with Crippen LogP contribution in [-0.4, -0.2) is 20.5 Å². The molecule has 1 aliphatic carbocycles. The number of hydrogen-bond acceptors (Lipinski definition) is 3. The molecule has 1 aliphatic rings. The Bertz CT molecular complexity index is 525. The molecule has 0 saturated heterocycles. The maximum absolute atomic E-state index is 12.4. The van der Waals surface area contributed by atoms with Gasteiger partial charge >= 0.3 is 0 Å². The molecule has 2 rings (SSSR count). The SMILES string of the molecule is Cc1ccccc1S(=O)(=O)NC1(CN)CCCC1.Cl. The second-order valence-corrected chi connectivity index (χ2v) is 6.71. The zero-order chi connectivity index (χ0) is 13.2. The molecule has 0 aliphatic heterocycles. The minimum atomic E-state index is -3.47. The van der Waals surface area contributed by atoms with Crippen molar-refractivity contribution in [3.8, 4) is 0 Å². The summed E-state index contributed by atoms with van der Waals surface area (Å²) in [5, 5.41) is 0. The van der Waals surface area contributed by atoms with Crippen LogP contribution in [0.15, 0.2) is 29.2 Å². The van der Waals surface area contributed by atoms with E-state index in [-0.39, 0.29) is 12.4 Å². The first-order valence-electron chi connectivity index (χ1n) is 6.29. The van der Waals surface area contributed by atoms with Crippen LogP contribution >= 0.6 is 12.4 Å². The molecule has 0 amide bonds. The van der Waals surface area contributed by atoms with Crippen LogP contribution in [0.25, 0.3) is 0 Å². The summed E-state index contributed by atoms with van der Waals surface area (Å²) in [6.07, 6.45) is 3.73. The van der Waals surface area contributed by atoms with E-state index < -0.39 is 15.6 Å². The highest BCUT2D eigenvalue weighted by Gasteiger charge is 2.37. The van der Waals surface area contributed by atoms with Crippen LogP contribution in [0.4, 0.5) is 0 Å². The predicted molar refractivity (Wildman–Crippen MR) is 79.0 cm³/mol. The first-order valence-corrected chi connectivity index (χ1v) is 7.77. The average Bonchev–Trinajstić information content (AvgIpc) is 2.78. The van der Waals surface area contributed by atoms with Gasteiger partial charge in [0.05, 0.1) is 4.90 Å². The third kappa shape index (κ3) is 3.48. The molecule has 0 unspecified atom stereocenters. The molecule has 19 heavy (non-hydrogen) atoms. The highest BCUT2D eigenvalue weighted by atomic mass is 35.5. The first-order chi connectivity index (χ1) is 8.49. The van der Waals surface area contributed by atoms with Crippen LogP contribution < -0.4 is 10.5 Å². The van der Waals surface area contributed by atoms with Crippen molar-refractivity contribution >= 4 is 22.4 Å². The van der Waals surface area contributed by atoms with Gasteiger partial charge < -0.3 is 5.73 Å². The lowest BCUT2D eigenvalue weighted by molar-refractivity contribution is 0.399. The highest BCUT2D eigenvalue weighted by molar-refractivity contribution is 7.89. The van der Waals surface area contributed by atoms with Crippen LogP contribution in [0.2, 0.25) is 0 Å². The van der Waals surface area contributed by atoms with Gasteiger partial charge in [0.15, 0.2) is 0 Å². The second kappa shape index (κ2) is 6.22. The minimum Gasteiger partial charge on any atom is -0.329 e. The zero-order valence-corrected chi connectivity index (χ0v) is 12.7. The number of nitrogens with one attached hydrogen (secondary N) is 1. The highest BCUT2D eigenvalue weighted by Crippen LogP contribution is 2.30. The van der Waals surface area contributed by atoms with E-state index in [1.165, 1.54) is 0 Å². The van der Waals surface area contributed by atoms with Gasteiger partial charge in [0.2, 0.25) is 10.0 Å². The van der Waals surface area contributed by atoms with E-state index in [1.54, 1.807) is 25.1 Å². The van der Waals surface area contributed by atoms with Crippen molar-refractivity contribution in [2.45, 2.75) is 43.0 Å². The summed E-state index contributed by atoms with van der Waals surface area (Å²) in [4.78, 5) is 0.352. The maximum Gasteiger partial charge on any atom is 0.241 e. The topological polar surface area (TPSA) is 72.2 Å². The van der Waals surface area contributed by atoms with E-state index in [4.69, 9.17) is 5.73 Å². The summed E-state index contributed by atoms with van der Waals surface area (Å²) >= 11 is 0. The Morgan fingerprint density at radius 2 is 1.84 bits per heavy atom. The van der Waals surface area contributed by atoms with Crippen molar-refractivity contribution in [2.75, 3.05) is 6.54 Å². The van der Waals surface area contributed by atoms with E-state index in [2.05, 4.69) is 4.72 Å². The van der Waals surface area contributed by atoms with Crippen LogP contribution in [-0.2, 0) is 10.0 Å². The van der Waals surface area contributed by atoms with Crippen LogP contribution in [0.1, 0.15) is 31.2 Å². The largest absolute Gasteiger partial charge is 0.329 e. The van der Waals surface area contributed by atoms with E-state index in [0.29, 0.717) is 11.4 Å². The molecule has 0 atom stereocenters. The normalized spacial score (nSPS) is 18.0. The van der Waals surface area contributed by atoms with Gasteiger partial charge in [0.25, 0.3) is 0 Å². The number of halogens is 1. The van der Waals surface area contributed by atoms with Gasteiger partial charge in [0.1, 0.15) is 0 Å². The van der Waals surface area contributed by atoms with Crippen molar-refractivity contribution in [1.29, 1.82) is 0 Å².